The summed E-state index contributed by atoms with van der Waals surface area (Å²) < 4.78 is 5.33. The predicted octanol–water partition coefficient (Wildman–Crippen LogP) is 4.46. The first-order valence-electron chi connectivity index (χ1n) is 9.27. The Morgan fingerprint density at radius 2 is 1.55 bits per heavy atom. The lowest BCUT2D eigenvalue weighted by atomic mass is 10.1. The third-order valence-corrected chi connectivity index (χ3v) is 5.08. The average molecular weight is 385 g/mol. The molecule has 0 saturated heterocycles. The zero-order valence-electron chi connectivity index (χ0n) is 16.1. The van der Waals surface area contributed by atoms with E-state index in [0.29, 0.717) is 5.69 Å². The van der Waals surface area contributed by atoms with E-state index >= 15 is 0 Å². The molecule has 29 heavy (non-hydrogen) atoms. The van der Waals surface area contributed by atoms with E-state index < -0.39 is 17.8 Å². The molecule has 0 saturated carbocycles. The molecule has 0 fully saturated rings. The van der Waals surface area contributed by atoms with Crippen molar-refractivity contribution in [1.29, 1.82) is 0 Å². The molecule has 0 radical (unpaired) electrons. The zero-order chi connectivity index (χ0) is 20.5. The van der Waals surface area contributed by atoms with E-state index in [9.17, 15) is 14.4 Å². The molecule has 0 bridgehead atoms. The second-order valence-electron chi connectivity index (χ2n) is 7.04. The van der Waals surface area contributed by atoms with Crippen LogP contribution in [-0.4, -0.2) is 17.8 Å². The van der Waals surface area contributed by atoms with Crippen molar-refractivity contribution in [2.75, 3.05) is 4.90 Å². The van der Waals surface area contributed by atoms with Crippen LogP contribution in [0.5, 0.6) is 0 Å². The van der Waals surface area contributed by atoms with Gasteiger partial charge < -0.3 is 4.74 Å². The Morgan fingerprint density at radius 1 is 0.828 bits per heavy atom. The van der Waals surface area contributed by atoms with Crippen molar-refractivity contribution in [1.82, 2.24) is 0 Å². The van der Waals surface area contributed by atoms with Gasteiger partial charge in [0.05, 0.1) is 22.4 Å². The monoisotopic (exact) mass is 385 g/mol. The van der Waals surface area contributed by atoms with E-state index in [-0.39, 0.29) is 23.3 Å². The van der Waals surface area contributed by atoms with Crippen molar-refractivity contribution < 1.29 is 19.1 Å². The second kappa shape index (κ2) is 7.36. The molecule has 5 nitrogen and oxygen atoms in total. The number of carbonyl (C=O) groups excluding carboxylic acids is 3. The van der Waals surface area contributed by atoms with Crippen LogP contribution in [0.2, 0.25) is 0 Å². The van der Waals surface area contributed by atoms with Crippen LogP contribution < -0.4 is 4.90 Å². The van der Waals surface area contributed by atoms with Crippen LogP contribution in [0.25, 0.3) is 0 Å². The number of aryl methyl sites for hydroxylation is 2. The number of hydrogen-bond acceptors (Lipinski definition) is 4. The molecule has 3 aromatic carbocycles. The van der Waals surface area contributed by atoms with Crippen molar-refractivity contribution >= 4 is 23.5 Å². The molecule has 0 spiro atoms. The maximum atomic E-state index is 12.9. The Balaban J connectivity index is 1.58. The lowest BCUT2D eigenvalue weighted by molar-refractivity contribution is 0.0472. The summed E-state index contributed by atoms with van der Waals surface area (Å²) >= 11 is 0. The summed E-state index contributed by atoms with van der Waals surface area (Å²) in [7, 11) is 0. The second-order valence-corrected chi connectivity index (χ2v) is 7.04. The van der Waals surface area contributed by atoms with Crippen LogP contribution in [0, 0.1) is 13.8 Å². The molecule has 1 heterocycles. The minimum Gasteiger partial charge on any atom is -0.457 e. The number of esters is 1. The van der Waals surface area contributed by atoms with Gasteiger partial charge in [-0.1, -0.05) is 36.4 Å². The van der Waals surface area contributed by atoms with Gasteiger partial charge in [-0.15, -0.1) is 0 Å². The highest BCUT2D eigenvalue weighted by atomic mass is 16.5. The molecule has 0 unspecified atom stereocenters. The predicted molar refractivity (Wildman–Crippen MR) is 109 cm³/mol. The highest BCUT2D eigenvalue weighted by molar-refractivity contribution is 6.34. The highest BCUT2D eigenvalue weighted by Gasteiger charge is 2.37. The van der Waals surface area contributed by atoms with Gasteiger partial charge in [-0.2, -0.15) is 0 Å². The van der Waals surface area contributed by atoms with Gasteiger partial charge in [0, 0.05) is 0 Å². The molecule has 0 N–H and O–H groups in total. The average Bonchev–Trinajstić information content (AvgIpc) is 2.99. The van der Waals surface area contributed by atoms with E-state index in [2.05, 4.69) is 0 Å². The SMILES string of the molecule is Cc1ccc(N2C(=O)c3ccc(C(=O)OCc4ccccc4)cc3C2=O)cc1C. The van der Waals surface area contributed by atoms with E-state index in [4.69, 9.17) is 4.74 Å². The van der Waals surface area contributed by atoms with Crippen molar-refractivity contribution in [2.45, 2.75) is 20.5 Å². The zero-order valence-corrected chi connectivity index (χ0v) is 16.1. The lowest BCUT2D eigenvalue weighted by Crippen LogP contribution is -2.29. The summed E-state index contributed by atoms with van der Waals surface area (Å²) in [6.07, 6.45) is 0. The quantitative estimate of drug-likeness (QED) is 0.491. The van der Waals surface area contributed by atoms with Crippen LogP contribution in [0.4, 0.5) is 5.69 Å². The summed E-state index contributed by atoms with van der Waals surface area (Å²) in [4.78, 5) is 39.3. The molecule has 0 aromatic heterocycles. The Hall–Kier alpha value is -3.73. The van der Waals surface area contributed by atoms with E-state index in [1.807, 2.05) is 56.3 Å². The Bertz CT molecular complexity index is 1130. The van der Waals surface area contributed by atoms with Gasteiger partial charge in [0.1, 0.15) is 6.61 Å². The summed E-state index contributed by atoms with van der Waals surface area (Å²) in [5, 5.41) is 0. The Morgan fingerprint density at radius 3 is 2.28 bits per heavy atom. The maximum Gasteiger partial charge on any atom is 0.338 e. The van der Waals surface area contributed by atoms with E-state index in [1.54, 1.807) is 6.07 Å². The fraction of sp³-hybridized carbons (Fsp3) is 0.125. The summed E-state index contributed by atoms with van der Waals surface area (Å²) in [5.41, 5.74) is 4.19. The standard InChI is InChI=1S/C24H19NO4/c1-15-8-10-19(12-16(15)2)25-22(26)20-11-9-18(13-21(20)23(25)27)24(28)29-14-17-6-4-3-5-7-17/h3-13H,14H2,1-2H3. The number of fused-ring (bicyclic) bond motifs is 1. The van der Waals surface area contributed by atoms with Crippen LogP contribution in [0.1, 0.15) is 47.8 Å². The molecule has 144 valence electrons. The van der Waals surface area contributed by atoms with Gasteiger partial charge in [0.15, 0.2) is 0 Å². The van der Waals surface area contributed by atoms with Crippen molar-refractivity contribution in [3.05, 3.63) is 100 Å². The van der Waals surface area contributed by atoms with Gasteiger partial charge >= 0.3 is 5.97 Å². The van der Waals surface area contributed by atoms with Gasteiger partial charge in [0.25, 0.3) is 11.8 Å². The molecule has 2 amide bonds. The van der Waals surface area contributed by atoms with Crippen LogP contribution >= 0.6 is 0 Å². The van der Waals surface area contributed by atoms with Gasteiger partial charge in [-0.3, -0.25) is 9.59 Å². The van der Waals surface area contributed by atoms with E-state index in [1.165, 1.54) is 18.2 Å². The Kier molecular flexibility index (Phi) is 4.72. The van der Waals surface area contributed by atoms with Crippen LogP contribution in [0.15, 0.2) is 66.7 Å². The molecule has 1 aliphatic heterocycles. The number of anilines is 1. The molecular weight excluding hydrogens is 366 g/mol. The molecule has 3 aromatic rings. The normalized spacial score (nSPS) is 12.8. The number of imide groups is 1. The van der Waals surface area contributed by atoms with Crippen molar-refractivity contribution in [2.24, 2.45) is 0 Å². The van der Waals surface area contributed by atoms with Crippen LogP contribution in [-0.2, 0) is 11.3 Å². The van der Waals surface area contributed by atoms with Gasteiger partial charge in [0.2, 0.25) is 0 Å². The fourth-order valence-corrected chi connectivity index (χ4v) is 3.27. The topological polar surface area (TPSA) is 63.7 Å². The number of amides is 2. The summed E-state index contributed by atoms with van der Waals surface area (Å²) in [5.74, 6) is -1.37. The van der Waals surface area contributed by atoms with Crippen molar-refractivity contribution in [3.63, 3.8) is 0 Å². The van der Waals surface area contributed by atoms with Gasteiger partial charge in [-0.25, -0.2) is 9.69 Å². The number of ether oxygens (including phenoxy) is 1. The van der Waals surface area contributed by atoms with E-state index in [0.717, 1.165) is 21.6 Å². The smallest absolute Gasteiger partial charge is 0.338 e. The first kappa shape index (κ1) is 18.6. The number of nitrogens with zero attached hydrogens (tertiary/aromatic N) is 1. The molecule has 0 atom stereocenters. The lowest BCUT2D eigenvalue weighted by Gasteiger charge is -2.15. The third kappa shape index (κ3) is 3.43. The molecule has 4 rings (SSSR count). The molecule has 5 heteroatoms. The third-order valence-electron chi connectivity index (χ3n) is 5.08. The number of benzene rings is 3. The maximum absolute atomic E-state index is 12.9. The number of rotatable bonds is 4. The minimum absolute atomic E-state index is 0.137. The summed E-state index contributed by atoms with van der Waals surface area (Å²) in [6, 6.07) is 19.2. The minimum atomic E-state index is -0.540. The first-order valence-corrected chi connectivity index (χ1v) is 9.27. The Labute approximate surface area is 168 Å². The first-order chi connectivity index (χ1) is 14.0. The molecule has 0 aliphatic carbocycles. The molecular formula is C24H19NO4. The molecule has 1 aliphatic rings. The van der Waals surface area contributed by atoms with Gasteiger partial charge in [-0.05, 0) is 60.9 Å². The summed E-state index contributed by atoms with van der Waals surface area (Å²) in [6.45, 7) is 4.03. The van der Waals surface area contributed by atoms with Crippen LogP contribution in [0.3, 0.4) is 0 Å². The fourth-order valence-electron chi connectivity index (χ4n) is 3.27. The largest absolute Gasteiger partial charge is 0.457 e. The number of carbonyl (C=O) groups is 3. The van der Waals surface area contributed by atoms with Crippen molar-refractivity contribution in [3.8, 4) is 0 Å². The highest BCUT2D eigenvalue weighted by Crippen LogP contribution is 2.30. The number of hydrogen-bond donors (Lipinski definition) is 0.